The van der Waals surface area contributed by atoms with Crippen LogP contribution < -0.4 is 44.1 Å². The van der Waals surface area contributed by atoms with Crippen LogP contribution in [0, 0.1) is 0 Å². The zero-order valence-corrected chi connectivity index (χ0v) is 41.6. The highest BCUT2D eigenvalue weighted by Crippen LogP contribution is 2.36. The molecule has 15 heteroatoms. The summed E-state index contributed by atoms with van der Waals surface area (Å²) in [5.41, 5.74) is 6.80. The zero-order valence-electron chi connectivity index (χ0n) is 36.4. The summed E-state index contributed by atoms with van der Waals surface area (Å²) in [5, 5.41) is 7.73. The summed E-state index contributed by atoms with van der Waals surface area (Å²) in [6.07, 6.45) is 8.99. The second-order valence-electron chi connectivity index (χ2n) is 17.0. The third-order valence-corrected chi connectivity index (χ3v) is 13.5. The van der Waals surface area contributed by atoms with E-state index in [-0.39, 0.29) is 35.8 Å². The van der Waals surface area contributed by atoms with Gasteiger partial charge < -0.3 is 58.0 Å². The molecule has 8 rings (SSSR count). The number of benzene rings is 4. The fourth-order valence-corrected chi connectivity index (χ4v) is 8.97. The van der Waals surface area contributed by atoms with Gasteiger partial charge in [0.15, 0.2) is 0 Å². The fraction of sp³-hybridized carbons (Fsp3) is 0.388. The minimum Gasteiger partial charge on any atom is -1.00 e. The Kier molecular flexibility index (Phi) is 18.3. The van der Waals surface area contributed by atoms with E-state index in [0.29, 0.717) is 80.9 Å². The molecular weight excluding hydrogens is 1010 g/mol. The van der Waals surface area contributed by atoms with Crippen molar-refractivity contribution in [1.82, 2.24) is 4.90 Å². The van der Waals surface area contributed by atoms with Crippen LogP contribution in [0.25, 0.3) is 12.2 Å². The predicted octanol–water partition coefficient (Wildman–Crippen LogP) is 7.97. The first-order chi connectivity index (χ1) is 30.3. The van der Waals surface area contributed by atoms with Crippen molar-refractivity contribution in [2.24, 2.45) is 0 Å². The Bertz CT molecular complexity index is 2310. The standard InChI is InChI=1S/C25H28Cl2N2O3.C24H26Cl2N2O3.HI/c1-29(2,21-8-10-31-11-9-21)16-17-3-5-20(6-4-17)28-25(30)18-7-12-32-24-15-23(27)22(26)14-19(24)13-18;1-28(20-7-9-30-10-8-20)15-16-2-4-19(5-3-16)27-24(29)17-6-11-31-23-14-22(26)21(25)13-18(23)12-17;/h3-6,13-15,21H,7-12,16H2,1-2H3;2-5,12-14,20H,6-11,15H2,1H3,(H,27,29);1H. The predicted molar refractivity (Wildman–Crippen MR) is 254 cm³/mol. The lowest BCUT2D eigenvalue weighted by atomic mass is 10.0. The molecule has 2 fully saturated rings. The maximum atomic E-state index is 12.9. The van der Waals surface area contributed by atoms with Gasteiger partial charge in [-0.1, -0.05) is 70.7 Å². The van der Waals surface area contributed by atoms with Crippen molar-refractivity contribution in [2.75, 3.05) is 71.4 Å². The number of quaternary nitrogens is 1. The van der Waals surface area contributed by atoms with Crippen molar-refractivity contribution in [2.45, 2.75) is 63.7 Å². The average Bonchev–Trinajstić information content (AvgIpc) is 3.62. The van der Waals surface area contributed by atoms with Crippen LogP contribution in [0.2, 0.25) is 20.1 Å². The third kappa shape index (κ3) is 13.6. The Morgan fingerprint density at radius 2 is 1.05 bits per heavy atom. The van der Waals surface area contributed by atoms with Crippen molar-refractivity contribution < 1.29 is 57.0 Å². The lowest BCUT2D eigenvalue weighted by molar-refractivity contribution is -0.929. The van der Waals surface area contributed by atoms with Crippen molar-refractivity contribution >= 4 is 81.7 Å². The van der Waals surface area contributed by atoms with Crippen LogP contribution in [0.4, 0.5) is 11.4 Å². The van der Waals surface area contributed by atoms with Gasteiger partial charge in [0, 0.05) is 103 Å². The normalized spacial score (nSPS) is 16.7. The minimum absolute atomic E-state index is 0. The van der Waals surface area contributed by atoms with E-state index in [1.807, 2.05) is 36.4 Å². The number of halogens is 5. The molecule has 0 atom stereocenters. The van der Waals surface area contributed by atoms with Crippen molar-refractivity contribution in [1.29, 1.82) is 0 Å². The molecule has 0 radical (unpaired) electrons. The molecule has 64 heavy (non-hydrogen) atoms. The first-order valence-corrected chi connectivity index (χ1v) is 23.0. The Morgan fingerprint density at radius 3 is 1.52 bits per heavy atom. The summed E-state index contributed by atoms with van der Waals surface area (Å²) in [6.45, 7) is 6.01. The smallest absolute Gasteiger partial charge is 0.251 e. The molecule has 0 spiro atoms. The van der Waals surface area contributed by atoms with Gasteiger partial charge in [-0.2, -0.15) is 0 Å². The number of nitrogens with one attached hydrogen (secondary N) is 2. The molecule has 0 saturated carbocycles. The summed E-state index contributed by atoms with van der Waals surface area (Å²) in [5.74, 6) is 0.986. The van der Waals surface area contributed by atoms with Gasteiger partial charge in [0.2, 0.25) is 0 Å². The molecule has 4 heterocycles. The number of ether oxygens (including phenoxy) is 4. The van der Waals surface area contributed by atoms with E-state index >= 15 is 0 Å². The molecule has 4 aromatic carbocycles. The summed E-state index contributed by atoms with van der Waals surface area (Å²) < 4.78 is 23.4. The number of hydrogen-bond donors (Lipinski definition) is 2. The number of nitrogens with zero attached hydrogens (tertiary/aromatic N) is 2. The lowest BCUT2D eigenvalue weighted by Gasteiger charge is -2.40. The molecule has 4 aliphatic heterocycles. The van der Waals surface area contributed by atoms with Crippen LogP contribution in [-0.2, 0) is 32.2 Å². The van der Waals surface area contributed by atoms with E-state index in [0.717, 1.165) is 92.2 Å². The second kappa shape index (κ2) is 23.4. The zero-order chi connectivity index (χ0) is 44.5. The Hall–Kier alpha value is -3.37. The van der Waals surface area contributed by atoms with Crippen LogP contribution in [0.5, 0.6) is 11.5 Å². The van der Waals surface area contributed by atoms with Crippen molar-refractivity contribution in [3.05, 3.63) is 126 Å². The van der Waals surface area contributed by atoms with E-state index in [2.05, 4.69) is 60.9 Å². The number of carbonyl (C=O) groups is 2. The van der Waals surface area contributed by atoms with Gasteiger partial charge in [-0.15, -0.1) is 0 Å². The van der Waals surface area contributed by atoms with Gasteiger partial charge in [-0.3, -0.25) is 14.5 Å². The number of hydrogen-bond acceptors (Lipinski definition) is 7. The molecule has 4 aliphatic rings. The summed E-state index contributed by atoms with van der Waals surface area (Å²) in [7, 11) is 6.72. The first kappa shape index (κ1) is 50.1. The van der Waals surface area contributed by atoms with E-state index in [1.165, 1.54) is 11.1 Å². The summed E-state index contributed by atoms with van der Waals surface area (Å²) >= 11 is 24.4. The van der Waals surface area contributed by atoms with E-state index in [4.69, 9.17) is 65.4 Å². The van der Waals surface area contributed by atoms with Crippen molar-refractivity contribution in [3.63, 3.8) is 0 Å². The van der Waals surface area contributed by atoms with E-state index in [9.17, 15) is 9.59 Å². The van der Waals surface area contributed by atoms with Gasteiger partial charge in [0.25, 0.3) is 11.8 Å². The molecule has 342 valence electrons. The van der Waals surface area contributed by atoms with Crippen LogP contribution in [0.15, 0.2) is 83.9 Å². The molecule has 10 nitrogen and oxygen atoms in total. The highest BCUT2D eigenvalue weighted by Gasteiger charge is 2.30. The van der Waals surface area contributed by atoms with Gasteiger partial charge in [-0.25, -0.2) is 0 Å². The Labute approximate surface area is 413 Å². The molecule has 2 saturated heterocycles. The fourth-order valence-electron chi connectivity index (χ4n) is 8.32. The number of fused-ring (bicyclic) bond motifs is 2. The number of carbonyl (C=O) groups excluding carboxylic acids is 2. The van der Waals surface area contributed by atoms with E-state index < -0.39 is 0 Å². The molecule has 2 N–H and O–H groups in total. The lowest BCUT2D eigenvalue weighted by Crippen LogP contribution is -3.00. The van der Waals surface area contributed by atoms with Crippen LogP contribution in [0.3, 0.4) is 0 Å². The highest BCUT2D eigenvalue weighted by atomic mass is 127. The van der Waals surface area contributed by atoms with Crippen LogP contribution >= 0.6 is 46.4 Å². The Morgan fingerprint density at radius 1 is 0.625 bits per heavy atom. The quantitative estimate of drug-likeness (QED) is 0.123. The van der Waals surface area contributed by atoms with Gasteiger partial charge in [-0.05, 0) is 74.0 Å². The molecule has 0 bridgehead atoms. The molecule has 2 amide bonds. The summed E-state index contributed by atoms with van der Waals surface area (Å²) in [4.78, 5) is 28.1. The first-order valence-electron chi connectivity index (χ1n) is 21.4. The largest absolute Gasteiger partial charge is 1.00 e. The van der Waals surface area contributed by atoms with Gasteiger partial charge in [0.1, 0.15) is 18.0 Å². The minimum atomic E-state index is -0.144. The maximum Gasteiger partial charge on any atom is 0.251 e. The van der Waals surface area contributed by atoms with E-state index in [1.54, 1.807) is 24.3 Å². The van der Waals surface area contributed by atoms with Gasteiger partial charge >= 0.3 is 0 Å². The molecular formula is C49H55Cl4IN4O6. The maximum absolute atomic E-state index is 12.9. The molecule has 4 aromatic rings. The molecule has 0 aromatic heterocycles. The van der Waals surface area contributed by atoms with Crippen molar-refractivity contribution in [3.8, 4) is 11.5 Å². The Balaban J connectivity index is 0.000000209. The monoisotopic (exact) mass is 1060 g/mol. The number of amides is 2. The second-order valence-corrected chi connectivity index (χ2v) is 18.6. The highest BCUT2D eigenvalue weighted by molar-refractivity contribution is 6.42. The topological polar surface area (TPSA) is 98.4 Å². The molecule has 0 aliphatic carbocycles. The van der Waals surface area contributed by atoms with Gasteiger partial charge in [0.05, 0.1) is 66.7 Å². The number of anilines is 2. The van der Waals surface area contributed by atoms with Crippen LogP contribution in [-0.4, -0.2) is 94.1 Å². The van der Waals surface area contributed by atoms with Crippen LogP contribution in [0.1, 0.15) is 60.8 Å². The molecule has 0 unspecified atom stereocenters. The number of rotatable bonds is 10. The third-order valence-electron chi connectivity index (χ3n) is 12.0. The average molecular weight is 1060 g/mol. The summed E-state index contributed by atoms with van der Waals surface area (Å²) in [6, 6.07) is 24.1. The SMILES string of the molecule is CN(Cc1ccc(NC(=O)C2=Cc3cc(Cl)c(Cl)cc3OCC2)cc1)C1CCOCC1.C[N+](C)(Cc1ccc(NC(=O)C2=Cc3cc(Cl)c(Cl)cc3OCC2)cc1)C1CCOCC1.[I-].